The van der Waals surface area contributed by atoms with Gasteiger partial charge < -0.3 is 5.11 Å². The van der Waals surface area contributed by atoms with Gasteiger partial charge in [-0.15, -0.1) is 0 Å². The molecule has 0 atom stereocenters. The number of carbonyl (C=O) groups is 3. The number of carbonyl (C=O) groups excluding carboxylic acids is 2. The molecule has 0 saturated heterocycles. The van der Waals surface area contributed by atoms with Crippen molar-refractivity contribution in [2.45, 2.75) is 13.8 Å². The Morgan fingerprint density at radius 2 is 1.60 bits per heavy atom. The Labute approximate surface area is 172 Å². The van der Waals surface area contributed by atoms with Gasteiger partial charge in [0.05, 0.1) is 11.4 Å². The van der Waals surface area contributed by atoms with Crippen LogP contribution in [0.5, 0.6) is 0 Å². The van der Waals surface area contributed by atoms with Crippen molar-refractivity contribution >= 4 is 29.4 Å². The van der Waals surface area contributed by atoms with Crippen molar-refractivity contribution < 1.29 is 19.5 Å². The lowest BCUT2D eigenvalue weighted by molar-refractivity contribution is -0.141. The molecular formula is C23H19N3O4. The number of carboxylic acids is 1. The van der Waals surface area contributed by atoms with E-state index in [1.807, 2.05) is 44.2 Å². The topological polar surface area (TPSA) is 92.5 Å². The molecular weight excluding hydrogens is 382 g/mol. The molecule has 3 aromatic rings. The Balaban J connectivity index is 1.88. The summed E-state index contributed by atoms with van der Waals surface area (Å²) >= 11 is 0. The van der Waals surface area contributed by atoms with Gasteiger partial charge in [0.2, 0.25) is 0 Å². The number of aliphatic carboxylic acids is 1. The summed E-state index contributed by atoms with van der Waals surface area (Å²) in [6.45, 7) is 3.06. The summed E-state index contributed by atoms with van der Waals surface area (Å²) in [5.41, 5.74) is 4.25. The zero-order valence-corrected chi connectivity index (χ0v) is 16.5. The molecule has 0 radical (unpaired) electrons. The first-order valence-corrected chi connectivity index (χ1v) is 9.39. The van der Waals surface area contributed by atoms with Crippen LogP contribution in [0.4, 0.5) is 0 Å². The van der Waals surface area contributed by atoms with E-state index < -0.39 is 24.3 Å². The Bertz CT molecular complexity index is 1210. The normalized spacial score (nSPS) is 14.9. The predicted molar refractivity (Wildman–Crippen MR) is 111 cm³/mol. The molecule has 0 spiro atoms. The molecule has 2 amide bonds. The van der Waals surface area contributed by atoms with Gasteiger partial charge in [-0.1, -0.05) is 36.4 Å². The van der Waals surface area contributed by atoms with Crippen molar-refractivity contribution in [1.82, 2.24) is 14.7 Å². The van der Waals surface area contributed by atoms with Crippen LogP contribution < -0.4 is 0 Å². The Morgan fingerprint density at radius 1 is 0.967 bits per heavy atom. The van der Waals surface area contributed by atoms with E-state index >= 15 is 0 Å². The van der Waals surface area contributed by atoms with E-state index in [4.69, 9.17) is 5.11 Å². The third kappa shape index (κ3) is 3.20. The number of imide groups is 1. The number of aromatic nitrogens is 2. The smallest absolute Gasteiger partial charge is 0.323 e. The van der Waals surface area contributed by atoms with Crippen LogP contribution in [-0.4, -0.2) is 44.1 Å². The summed E-state index contributed by atoms with van der Waals surface area (Å²) in [4.78, 5) is 37.8. The number of carboxylic acid groups (broad SMARTS) is 1. The largest absolute Gasteiger partial charge is 0.480 e. The number of amides is 2. The van der Waals surface area contributed by atoms with Gasteiger partial charge in [-0.25, -0.2) is 4.68 Å². The highest BCUT2D eigenvalue weighted by Gasteiger charge is 2.36. The van der Waals surface area contributed by atoms with Crippen LogP contribution in [-0.2, 0) is 9.59 Å². The van der Waals surface area contributed by atoms with Crippen LogP contribution in [0.3, 0.4) is 0 Å². The number of para-hydroxylation sites is 1. The van der Waals surface area contributed by atoms with E-state index in [0.717, 1.165) is 27.5 Å². The summed E-state index contributed by atoms with van der Waals surface area (Å²) in [7, 11) is 0. The quantitative estimate of drug-likeness (QED) is 0.536. The van der Waals surface area contributed by atoms with E-state index in [1.54, 1.807) is 35.0 Å². The lowest BCUT2D eigenvalue weighted by Crippen LogP contribution is -2.44. The SMILES string of the molecule is Cc1nn(-c2ccccc2)c(C)c1/C=C1\C(=O)N(CC(=O)O)C(=O)c2ccccc21. The Kier molecular flexibility index (Phi) is 4.79. The van der Waals surface area contributed by atoms with Crippen molar-refractivity contribution in [3.8, 4) is 5.69 Å². The van der Waals surface area contributed by atoms with Crippen molar-refractivity contribution in [2.75, 3.05) is 6.54 Å². The second-order valence-corrected chi connectivity index (χ2v) is 7.03. The van der Waals surface area contributed by atoms with Crippen LogP contribution in [0.1, 0.15) is 32.9 Å². The molecule has 0 aliphatic carbocycles. The van der Waals surface area contributed by atoms with Gasteiger partial charge in [-0.3, -0.25) is 19.3 Å². The van der Waals surface area contributed by atoms with Crippen LogP contribution in [0.25, 0.3) is 17.3 Å². The lowest BCUT2D eigenvalue weighted by Gasteiger charge is -2.27. The summed E-state index contributed by atoms with van der Waals surface area (Å²) in [6, 6.07) is 16.3. The summed E-state index contributed by atoms with van der Waals surface area (Å²) < 4.78 is 1.79. The highest BCUT2D eigenvalue weighted by molar-refractivity contribution is 6.34. The predicted octanol–water partition coefficient (Wildman–Crippen LogP) is 3.10. The fourth-order valence-corrected chi connectivity index (χ4v) is 3.65. The molecule has 1 aliphatic heterocycles. The van der Waals surface area contributed by atoms with Crippen molar-refractivity contribution in [2.24, 2.45) is 0 Å². The standard InChI is InChI=1S/C23H19N3O4/c1-14-19(15(2)26(24-14)16-8-4-3-5-9-16)12-20-17-10-6-7-11-18(17)22(29)25(23(20)30)13-21(27)28/h3-12H,13H2,1-2H3,(H,27,28)/b20-12-. The molecule has 7 nitrogen and oxygen atoms in total. The summed E-state index contributed by atoms with van der Waals surface area (Å²) in [5.74, 6) is -2.49. The number of hydrogen-bond donors (Lipinski definition) is 1. The van der Waals surface area contributed by atoms with Gasteiger partial charge in [0, 0.05) is 22.4 Å². The third-order valence-corrected chi connectivity index (χ3v) is 5.10. The van der Waals surface area contributed by atoms with Crippen LogP contribution in [0, 0.1) is 13.8 Å². The number of aryl methyl sites for hydroxylation is 1. The average molecular weight is 401 g/mol. The van der Waals surface area contributed by atoms with Gasteiger partial charge in [0.25, 0.3) is 11.8 Å². The minimum absolute atomic E-state index is 0.269. The first-order chi connectivity index (χ1) is 14.4. The van der Waals surface area contributed by atoms with E-state index in [2.05, 4.69) is 5.10 Å². The summed E-state index contributed by atoms with van der Waals surface area (Å²) in [5, 5.41) is 13.8. The fraction of sp³-hybridized carbons (Fsp3) is 0.130. The van der Waals surface area contributed by atoms with Gasteiger partial charge in [-0.2, -0.15) is 5.10 Å². The average Bonchev–Trinajstić information content (AvgIpc) is 3.02. The first kappa shape index (κ1) is 19.3. The maximum absolute atomic E-state index is 13.1. The number of fused-ring (bicyclic) bond motifs is 1. The van der Waals surface area contributed by atoms with E-state index in [0.29, 0.717) is 11.1 Å². The Hall–Kier alpha value is -4.00. The molecule has 150 valence electrons. The van der Waals surface area contributed by atoms with Crippen LogP contribution >= 0.6 is 0 Å². The molecule has 2 heterocycles. The minimum Gasteiger partial charge on any atom is -0.480 e. The van der Waals surface area contributed by atoms with Crippen molar-refractivity contribution in [3.63, 3.8) is 0 Å². The van der Waals surface area contributed by atoms with Crippen LogP contribution in [0.15, 0.2) is 54.6 Å². The lowest BCUT2D eigenvalue weighted by atomic mass is 9.91. The van der Waals surface area contributed by atoms with Crippen molar-refractivity contribution in [1.29, 1.82) is 0 Å². The van der Waals surface area contributed by atoms with Gasteiger partial charge in [-0.05, 0) is 43.7 Å². The zero-order chi connectivity index (χ0) is 21.4. The van der Waals surface area contributed by atoms with E-state index in [9.17, 15) is 14.4 Å². The molecule has 4 rings (SSSR count). The maximum Gasteiger partial charge on any atom is 0.323 e. The zero-order valence-electron chi connectivity index (χ0n) is 16.5. The number of rotatable bonds is 4. The van der Waals surface area contributed by atoms with E-state index in [-0.39, 0.29) is 5.57 Å². The molecule has 0 bridgehead atoms. The molecule has 0 fully saturated rings. The molecule has 0 saturated carbocycles. The number of nitrogens with zero attached hydrogens (tertiary/aromatic N) is 3. The highest BCUT2D eigenvalue weighted by Crippen LogP contribution is 2.32. The fourth-order valence-electron chi connectivity index (χ4n) is 3.65. The highest BCUT2D eigenvalue weighted by atomic mass is 16.4. The maximum atomic E-state index is 13.1. The van der Waals surface area contributed by atoms with E-state index in [1.165, 1.54) is 0 Å². The molecule has 1 N–H and O–H groups in total. The monoisotopic (exact) mass is 401 g/mol. The third-order valence-electron chi connectivity index (χ3n) is 5.10. The molecule has 7 heteroatoms. The molecule has 1 aliphatic rings. The second kappa shape index (κ2) is 7.44. The first-order valence-electron chi connectivity index (χ1n) is 9.39. The molecule has 0 unspecified atom stereocenters. The van der Waals surface area contributed by atoms with Gasteiger partial charge >= 0.3 is 5.97 Å². The van der Waals surface area contributed by atoms with Crippen LogP contribution in [0.2, 0.25) is 0 Å². The van der Waals surface area contributed by atoms with Gasteiger partial charge in [0.15, 0.2) is 0 Å². The number of hydrogen-bond acceptors (Lipinski definition) is 4. The van der Waals surface area contributed by atoms with Crippen molar-refractivity contribution in [3.05, 3.63) is 82.7 Å². The number of benzene rings is 2. The Morgan fingerprint density at radius 3 is 2.27 bits per heavy atom. The molecule has 30 heavy (non-hydrogen) atoms. The molecule has 2 aromatic carbocycles. The van der Waals surface area contributed by atoms with Gasteiger partial charge in [0.1, 0.15) is 6.54 Å². The second-order valence-electron chi connectivity index (χ2n) is 7.03. The minimum atomic E-state index is -1.25. The summed E-state index contributed by atoms with van der Waals surface area (Å²) in [6.07, 6.45) is 1.69. The molecule has 1 aromatic heterocycles.